The van der Waals surface area contributed by atoms with Gasteiger partial charge in [0.05, 0.1) is 10.1 Å². The summed E-state index contributed by atoms with van der Waals surface area (Å²) in [4.78, 5) is 15.4. The number of hydrogen-bond donors (Lipinski definition) is 0. The van der Waals surface area contributed by atoms with Crippen LogP contribution in [-0.2, 0) is 4.79 Å². The summed E-state index contributed by atoms with van der Waals surface area (Å²) in [6.07, 6.45) is 6.43. The van der Waals surface area contributed by atoms with Crippen LogP contribution in [0.1, 0.15) is 45.1 Å². The van der Waals surface area contributed by atoms with Gasteiger partial charge in [0.15, 0.2) is 11.0 Å². The molecule has 2 aliphatic carbocycles. The molecule has 2 aromatic heterocycles. The Kier molecular flexibility index (Phi) is 4.55. The summed E-state index contributed by atoms with van der Waals surface area (Å²) in [5, 5.41) is 12.1. The first-order valence-electron chi connectivity index (χ1n) is 10.0. The monoisotopic (exact) mass is 402 g/mol. The molecular weight excluding hydrogens is 376 g/mol. The zero-order valence-corrected chi connectivity index (χ0v) is 17.5. The average molecular weight is 403 g/mol. The number of amides is 1. The number of rotatable bonds is 5. The maximum atomic E-state index is 12.4. The van der Waals surface area contributed by atoms with Crippen molar-refractivity contribution in [2.45, 2.75) is 55.5 Å². The largest absolute Gasteiger partial charge is 0.345 e. The number of hydrogen-bond acceptors (Lipinski definition) is 5. The predicted molar refractivity (Wildman–Crippen MR) is 109 cm³/mol. The normalized spacial score (nSPS) is 31.2. The lowest BCUT2D eigenvalue weighted by Gasteiger charge is -2.30. The van der Waals surface area contributed by atoms with Gasteiger partial charge in [-0.3, -0.25) is 9.36 Å². The second-order valence-electron chi connectivity index (χ2n) is 8.39. The highest BCUT2D eigenvalue weighted by Gasteiger charge is 2.43. The Morgan fingerprint density at radius 2 is 2.15 bits per heavy atom. The third kappa shape index (κ3) is 3.03. The number of thioether (sulfide) groups is 1. The van der Waals surface area contributed by atoms with Crippen LogP contribution in [0.5, 0.6) is 0 Å². The minimum atomic E-state index is -0.0265. The van der Waals surface area contributed by atoms with Gasteiger partial charge in [0.25, 0.3) is 0 Å². The SMILES string of the molecule is CC(C1CC2CCC1C2)n1c(SC2CCN(C)C2=O)nnc1-c1cccs1. The maximum Gasteiger partial charge on any atom is 0.235 e. The molecule has 1 aliphatic heterocycles. The van der Waals surface area contributed by atoms with Crippen molar-refractivity contribution in [3.8, 4) is 10.7 Å². The first-order chi connectivity index (χ1) is 13.1. The molecule has 7 heteroatoms. The summed E-state index contributed by atoms with van der Waals surface area (Å²) in [7, 11) is 1.89. The van der Waals surface area contributed by atoms with E-state index in [9.17, 15) is 4.79 Å². The Hall–Kier alpha value is -1.34. The van der Waals surface area contributed by atoms with E-state index in [1.807, 2.05) is 11.9 Å². The van der Waals surface area contributed by atoms with E-state index in [-0.39, 0.29) is 11.2 Å². The molecule has 0 aromatic carbocycles. The van der Waals surface area contributed by atoms with E-state index in [1.54, 1.807) is 23.1 Å². The van der Waals surface area contributed by atoms with E-state index in [0.29, 0.717) is 12.0 Å². The van der Waals surface area contributed by atoms with Crippen molar-refractivity contribution in [2.75, 3.05) is 13.6 Å². The molecule has 3 aliphatic rings. The molecule has 2 aromatic rings. The summed E-state index contributed by atoms with van der Waals surface area (Å²) in [5.41, 5.74) is 0. The van der Waals surface area contributed by atoms with E-state index >= 15 is 0 Å². The quantitative estimate of drug-likeness (QED) is 0.747. The highest BCUT2D eigenvalue weighted by molar-refractivity contribution is 8.00. The summed E-state index contributed by atoms with van der Waals surface area (Å²) in [6.45, 7) is 3.18. The molecule has 1 saturated heterocycles. The molecule has 1 amide bonds. The van der Waals surface area contributed by atoms with Crippen molar-refractivity contribution in [1.29, 1.82) is 0 Å². The Balaban J connectivity index is 1.49. The third-order valence-corrected chi connectivity index (χ3v) is 8.93. The zero-order valence-electron chi connectivity index (χ0n) is 15.9. The fourth-order valence-corrected chi connectivity index (χ4v) is 7.32. The predicted octanol–water partition coefficient (Wildman–Crippen LogP) is 4.33. The third-order valence-electron chi connectivity index (χ3n) is 6.85. The molecule has 3 heterocycles. The van der Waals surface area contributed by atoms with Crippen LogP contribution in [0.25, 0.3) is 10.7 Å². The molecule has 27 heavy (non-hydrogen) atoms. The highest BCUT2D eigenvalue weighted by atomic mass is 32.2. The van der Waals surface area contributed by atoms with Crippen molar-refractivity contribution in [2.24, 2.45) is 17.8 Å². The minimum absolute atomic E-state index is 0.0265. The van der Waals surface area contributed by atoms with Gasteiger partial charge in [0.2, 0.25) is 5.91 Å². The lowest BCUT2D eigenvalue weighted by molar-refractivity contribution is -0.126. The highest BCUT2D eigenvalue weighted by Crippen LogP contribution is 2.53. The van der Waals surface area contributed by atoms with Crippen LogP contribution in [0.3, 0.4) is 0 Å². The summed E-state index contributed by atoms with van der Waals surface area (Å²) < 4.78 is 2.35. The Bertz CT molecular complexity index is 833. The summed E-state index contributed by atoms with van der Waals surface area (Å²) >= 11 is 3.33. The second-order valence-corrected chi connectivity index (χ2v) is 10.5. The average Bonchev–Trinajstić information content (AvgIpc) is 3.46. The van der Waals surface area contributed by atoms with Crippen LogP contribution in [-0.4, -0.2) is 44.4 Å². The first-order valence-corrected chi connectivity index (χ1v) is 11.8. The number of carbonyl (C=O) groups excluding carboxylic acids is 1. The van der Waals surface area contributed by atoms with Crippen LogP contribution >= 0.6 is 23.1 Å². The molecular formula is C20H26N4OS2. The number of nitrogens with zero attached hydrogens (tertiary/aromatic N) is 4. The molecule has 2 saturated carbocycles. The summed E-state index contributed by atoms with van der Waals surface area (Å²) in [6, 6.07) is 4.58. The maximum absolute atomic E-state index is 12.4. The van der Waals surface area contributed by atoms with E-state index in [2.05, 4.69) is 39.2 Å². The van der Waals surface area contributed by atoms with Gasteiger partial charge in [0, 0.05) is 19.6 Å². The van der Waals surface area contributed by atoms with Crippen LogP contribution in [0.2, 0.25) is 0 Å². The number of aromatic nitrogens is 3. The number of thiophene rings is 1. The van der Waals surface area contributed by atoms with E-state index in [1.165, 1.54) is 30.6 Å². The molecule has 0 spiro atoms. The van der Waals surface area contributed by atoms with Gasteiger partial charge in [-0.1, -0.05) is 24.2 Å². The number of likely N-dealkylation sites (tertiary alicyclic amines) is 1. The van der Waals surface area contributed by atoms with Crippen LogP contribution < -0.4 is 0 Å². The van der Waals surface area contributed by atoms with Gasteiger partial charge in [-0.15, -0.1) is 21.5 Å². The molecule has 5 rings (SSSR count). The van der Waals surface area contributed by atoms with Crippen molar-refractivity contribution < 1.29 is 4.79 Å². The van der Waals surface area contributed by atoms with Crippen molar-refractivity contribution in [1.82, 2.24) is 19.7 Å². The van der Waals surface area contributed by atoms with Crippen molar-refractivity contribution in [3.63, 3.8) is 0 Å². The molecule has 3 fully saturated rings. The molecule has 0 N–H and O–H groups in total. The topological polar surface area (TPSA) is 51.0 Å². The number of carbonyl (C=O) groups is 1. The Labute approximate surface area is 168 Å². The van der Waals surface area contributed by atoms with Crippen molar-refractivity contribution in [3.05, 3.63) is 17.5 Å². The molecule has 5 atom stereocenters. The van der Waals surface area contributed by atoms with E-state index in [0.717, 1.165) is 35.8 Å². The standard InChI is InChI=1S/C20H26N4OS2/c1-12(15-11-13-5-6-14(15)10-13)24-18(16-4-3-9-26-16)21-22-20(24)27-17-7-8-23(2)19(17)25/h3-4,9,12-15,17H,5-8,10-11H2,1-2H3. The molecule has 144 valence electrons. The molecule has 2 bridgehead atoms. The van der Waals surface area contributed by atoms with Crippen LogP contribution in [0, 0.1) is 17.8 Å². The van der Waals surface area contributed by atoms with Crippen LogP contribution in [0.15, 0.2) is 22.7 Å². The minimum Gasteiger partial charge on any atom is -0.345 e. The molecule has 5 nitrogen and oxygen atoms in total. The smallest absolute Gasteiger partial charge is 0.235 e. The van der Waals surface area contributed by atoms with Gasteiger partial charge in [0.1, 0.15) is 0 Å². The van der Waals surface area contributed by atoms with Gasteiger partial charge in [-0.05, 0) is 61.8 Å². The van der Waals surface area contributed by atoms with Gasteiger partial charge < -0.3 is 4.90 Å². The first kappa shape index (κ1) is 17.7. The van der Waals surface area contributed by atoms with Gasteiger partial charge >= 0.3 is 0 Å². The zero-order chi connectivity index (χ0) is 18.5. The fraction of sp³-hybridized carbons (Fsp3) is 0.650. The molecule has 5 unspecified atom stereocenters. The van der Waals surface area contributed by atoms with E-state index < -0.39 is 0 Å². The van der Waals surface area contributed by atoms with Crippen LogP contribution in [0.4, 0.5) is 0 Å². The fourth-order valence-electron chi connectivity index (χ4n) is 5.40. The van der Waals surface area contributed by atoms with Gasteiger partial charge in [-0.25, -0.2) is 0 Å². The Morgan fingerprint density at radius 1 is 1.26 bits per heavy atom. The van der Waals surface area contributed by atoms with E-state index in [4.69, 9.17) is 0 Å². The van der Waals surface area contributed by atoms with Crippen molar-refractivity contribution >= 4 is 29.0 Å². The second kappa shape index (κ2) is 6.92. The van der Waals surface area contributed by atoms with Gasteiger partial charge in [-0.2, -0.15) is 0 Å². The summed E-state index contributed by atoms with van der Waals surface area (Å²) in [5.74, 6) is 3.67. The lowest BCUT2D eigenvalue weighted by atomic mass is 9.84. The number of fused-ring (bicyclic) bond motifs is 2. The Morgan fingerprint density at radius 3 is 2.78 bits per heavy atom. The molecule has 0 radical (unpaired) electrons. The lowest BCUT2D eigenvalue weighted by Crippen LogP contribution is -2.25.